The summed E-state index contributed by atoms with van der Waals surface area (Å²) in [5, 5.41) is 0.779. The van der Waals surface area contributed by atoms with Crippen LogP contribution in [0.2, 0.25) is 0 Å². The molecule has 2 aromatic rings. The standard InChI is InChI=1S/C14H11BrO2/c15-10-11-6-8-12(9-7-11)14(16)17-13-4-2-1-3-5-13/h1-9H,10H2. The molecule has 2 aromatic carbocycles. The van der Waals surface area contributed by atoms with Gasteiger partial charge in [0.1, 0.15) is 5.75 Å². The lowest BCUT2D eigenvalue weighted by Gasteiger charge is -2.04. The van der Waals surface area contributed by atoms with Crippen molar-refractivity contribution in [2.75, 3.05) is 0 Å². The lowest BCUT2D eigenvalue weighted by Crippen LogP contribution is -2.08. The number of benzene rings is 2. The van der Waals surface area contributed by atoms with E-state index in [4.69, 9.17) is 4.74 Å². The SMILES string of the molecule is O=C(Oc1ccccc1)c1ccc(CBr)cc1. The fourth-order valence-corrected chi connectivity index (χ4v) is 1.76. The predicted octanol–water partition coefficient (Wildman–Crippen LogP) is 3.80. The van der Waals surface area contributed by atoms with E-state index in [-0.39, 0.29) is 5.97 Å². The minimum absolute atomic E-state index is 0.336. The summed E-state index contributed by atoms with van der Waals surface area (Å²) in [6.07, 6.45) is 0. The van der Waals surface area contributed by atoms with Crippen LogP contribution < -0.4 is 4.74 Å². The van der Waals surface area contributed by atoms with Gasteiger partial charge < -0.3 is 4.74 Å². The Labute approximate surface area is 108 Å². The number of alkyl halides is 1. The molecule has 0 aliphatic rings. The average Bonchev–Trinajstić information content (AvgIpc) is 2.40. The number of carbonyl (C=O) groups excluding carboxylic acids is 1. The monoisotopic (exact) mass is 290 g/mol. The van der Waals surface area contributed by atoms with Gasteiger partial charge in [0, 0.05) is 5.33 Å². The smallest absolute Gasteiger partial charge is 0.343 e. The van der Waals surface area contributed by atoms with Crippen LogP contribution in [0.4, 0.5) is 0 Å². The Balaban J connectivity index is 2.09. The van der Waals surface area contributed by atoms with E-state index >= 15 is 0 Å². The third-order valence-electron chi connectivity index (χ3n) is 2.30. The quantitative estimate of drug-likeness (QED) is 0.488. The largest absolute Gasteiger partial charge is 0.423 e. The molecule has 0 unspecified atom stereocenters. The van der Waals surface area contributed by atoms with E-state index in [1.165, 1.54) is 0 Å². The Morgan fingerprint density at radius 3 is 2.24 bits per heavy atom. The van der Waals surface area contributed by atoms with E-state index in [0.29, 0.717) is 11.3 Å². The number of ether oxygens (including phenoxy) is 1. The van der Waals surface area contributed by atoms with Crippen molar-refractivity contribution in [1.82, 2.24) is 0 Å². The van der Waals surface area contributed by atoms with Crippen LogP contribution >= 0.6 is 15.9 Å². The van der Waals surface area contributed by atoms with Crippen LogP contribution in [0.25, 0.3) is 0 Å². The topological polar surface area (TPSA) is 26.3 Å². The maximum atomic E-state index is 11.8. The van der Waals surface area contributed by atoms with E-state index in [9.17, 15) is 4.79 Å². The number of para-hydroxylation sites is 1. The zero-order chi connectivity index (χ0) is 12.1. The Hall–Kier alpha value is -1.61. The summed E-state index contributed by atoms with van der Waals surface area (Å²) < 4.78 is 5.22. The van der Waals surface area contributed by atoms with E-state index in [1.54, 1.807) is 24.3 Å². The first-order valence-corrected chi connectivity index (χ1v) is 6.34. The first kappa shape index (κ1) is 11.9. The van der Waals surface area contributed by atoms with Gasteiger partial charge in [-0.15, -0.1) is 0 Å². The van der Waals surface area contributed by atoms with Crippen LogP contribution in [0.15, 0.2) is 54.6 Å². The fourth-order valence-electron chi connectivity index (χ4n) is 1.38. The Morgan fingerprint density at radius 1 is 1.00 bits per heavy atom. The molecule has 0 spiro atoms. The van der Waals surface area contributed by atoms with Gasteiger partial charge in [0.2, 0.25) is 0 Å². The summed E-state index contributed by atoms with van der Waals surface area (Å²) in [4.78, 5) is 11.8. The number of hydrogen-bond donors (Lipinski definition) is 0. The molecule has 0 saturated heterocycles. The molecule has 0 atom stereocenters. The van der Waals surface area contributed by atoms with Crippen LogP contribution in [-0.2, 0) is 5.33 Å². The van der Waals surface area contributed by atoms with Gasteiger partial charge in [-0.25, -0.2) is 4.79 Å². The minimum Gasteiger partial charge on any atom is -0.423 e. The van der Waals surface area contributed by atoms with E-state index in [0.717, 1.165) is 10.9 Å². The fraction of sp³-hybridized carbons (Fsp3) is 0.0714. The third kappa shape index (κ3) is 3.17. The molecule has 0 saturated carbocycles. The molecule has 0 aromatic heterocycles. The number of hydrogen-bond acceptors (Lipinski definition) is 2. The van der Waals surface area contributed by atoms with Gasteiger partial charge in [-0.1, -0.05) is 46.3 Å². The van der Waals surface area contributed by atoms with Crippen LogP contribution in [0, 0.1) is 0 Å². The number of halogens is 1. The number of rotatable bonds is 3. The molecule has 0 heterocycles. The molecule has 0 fully saturated rings. The molecule has 86 valence electrons. The molecular weight excluding hydrogens is 280 g/mol. The highest BCUT2D eigenvalue weighted by atomic mass is 79.9. The van der Waals surface area contributed by atoms with Crippen LogP contribution in [0.3, 0.4) is 0 Å². The van der Waals surface area contributed by atoms with Crippen molar-refractivity contribution in [3.8, 4) is 5.75 Å². The lowest BCUT2D eigenvalue weighted by molar-refractivity contribution is 0.0735. The maximum Gasteiger partial charge on any atom is 0.343 e. The van der Waals surface area contributed by atoms with E-state index in [2.05, 4.69) is 15.9 Å². The summed E-state index contributed by atoms with van der Waals surface area (Å²) in [6.45, 7) is 0. The van der Waals surface area contributed by atoms with Crippen molar-refractivity contribution in [3.05, 3.63) is 65.7 Å². The van der Waals surface area contributed by atoms with E-state index < -0.39 is 0 Å². The zero-order valence-corrected chi connectivity index (χ0v) is 10.7. The van der Waals surface area contributed by atoms with Gasteiger partial charge in [0.15, 0.2) is 0 Å². The minimum atomic E-state index is -0.336. The maximum absolute atomic E-state index is 11.8. The first-order valence-electron chi connectivity index (χ1n) is 5.22. The highest BCUT2D eigenvalue weighted by molar-refractivity contribution is 9.08. The van der Waals surface area contributed by atoms with E-state index in [1.807, 2.05) is 30.3 Å². The molecule has 0 bridgehead atoms. The average molecular weight is 291 g/mol. The van der Waals surface area contributed by atoms with Crippen molar-refractivity contribution >= 4 is 21.9 Å². The van der Waals surface area contributed by atoms with Gasteiger partial charge in [0.25, 0.3) is 0 Å². The Kier molecular flexibility index (Phi) is 3.94. The summed E-state index contributed by atoms with van der Waals surface area (Å²) in [5.41, 5.74) is 1.68. The van der Waals surface area contributed by atoms with Crippen molar-refractivity contribution in [1.29, 1.82) is 0 Å². The summed E-state index contributed by atoms with van der Waals surface area (Å²) in [6, 6.07) is 16.4. The molecule has 0 aliphatic carbocycles. The van der Waals surface area contributed by atoms with Crippen molar-refractivity contribution in [3.63, 3.8) is 0 Å². The van der Waals surface area contributed by atoms with Crippen LogP contribution in [-0.4, -0.2) is 5.97 Å². The second kappa shape index (κ2) is 5.64. The van der Waals surface area contributed by atoms with Gasteiger partial charge in [0.05, 0.1) is 5.56 Å². The normalized spacial score (nSPS) is 9.94. The molecule has 2 nitrogen and oxygen atoms in total. The van der Waals surface area contributed by atoms with Crippen molar-refractivity contribution in [2.24, 2.45) is 0 Å². The Morgan fingerprint density at radius 2 is 1.65 bits per heavy atom. The third-order valence-corrected chi connectivity index (χ3v) is 2.95. The first-order chi connectivity index (χ1) is 8.29. The molecule has 0 radical (unpaired) electrons. The predicted molar refractivity (Wildman–Crippen MR) is 70.5 cm³/mol. The number of carbonyl (C=O) groups is 1. The lowest BCUT2D eigenvalue weighted by atomic mass is 10.1. The van der Waals surface area contributed by atoms with Gasteiger partial charge in [-0.2, -0.15) is 0 Å². The van der Waals surface area contributed by atoms with Crippen LogP contribution in [0.5, 0.6) is 5.75 Å². The van der Waals surface area contributed by atoms with Crippen molar-refractivity contribution in [2.45, 2.75) is 5.33 Å². The van der Waals surface area contributed by atoms with Crippen molar-refractivity contribution < 1.29 is 9.53 Å². The van der Waals surface area contributed by atoms with Gasteiger partial charge in [-0.05, 0) is 29.8 Å². The molecule has 17 heavy (non-hydrogen) atoms. The number of esters is 1. The van der Waals surface area contributed by atoms with Gasteiger partial charge in [-0.3, -0.25) is 0 Å². The molecule has 2 rings (SSSR count). The zero-order valence-electron chi connectivity index (χ0n) is 9.10. The highest BCUT2D eigenvalue weighted by Crippen LogP contribution is 2.13. The van der Waals surface area contributed by atoms with Gasteiger partial charge >= 0.3 is 5.97 Å². The molecule has 0 aliphatic heterocycles. The molecule has 3 heteroatoms. The summed E-state index contributed by atoms with van der Waals surface area (Å²) in [7, 11) is 0. The second-order valence-electron chi connectivity index (χ2n) is 3.53. The highest BCUT2D eigenvalue weighted by Gasteiger charge is 2.07. The molecule has 0 N–H and O–H groups in total. The van der Waals surface area contributed by atoms with Crippen LogP contribution in [0.1, 0.15) is 15.9 Å². The summed E-state index contributed by atoms with van der Waals surface area (Å²) in [5.74, 6) is 0.222. The summed E-state index contributed by atoms with van der Waals surface area (Å²) >= 11 is 3.36. The molecule has 0 amide bonds. The Bertz CT molecular complexity index is 491. The second-order valence-corrected chi connectivity index (χ2v) is 4.09. The molecular formula is C14H11BrO2.